The molecule has 0 amide bonds. The van der Waals surface area contributed by atoms with E-state index < -0.39 is 0 Å². The number of anilines is 2. The van der Waals surface area contributed by atoms with Crippen LogP contribution in [0.3, 0.4) is 0 Å². The van der Waals surface area contributed by atoms with Gasteiger partial charge in [0.25, 0.3) is 0 Å². The summed E-state index contributed by atoms with van der Waals surface area (Å²) < 4.78 is 0. The van der Waals surface area contributed by atoms with Crippen LogP contribution in [0, 0.1) is 0 Å². The van der Waals surface area contributed by atoms with Crippen molar-refractivity contribution < 1.29 is 0 Å². The first kappa shape index (κ1) is 8.83. The molecule has 0 aliphatic heterocycles. The number of hydrogen-bond acceptors (Lipinski definition) is 4. The van der Waals surface area contributed by atoms with Crippen molar-refractivity contribution in [2.45, 2.75) is 6.04 Å². The van der Waals surface area contributed by atoms with Gasteiger partial charge in [0, 0.05) is 24.0 Å². The van der Waals surface area contributed by atoms with Crippen LogP contribution in [0.4, 0.5) is 11.4 Å². The molecule has 4 heteroatoms. The van der Waals surface area contributed by atoms with E-state index >= 15 is 0 Å². The molecular weight excluding hydrogens is 152 g/mol. The number of nitrogens with two attached hydrogens (primary N) is 4. The average Bonchev–Trinajstić information content (AvgIpc) is 2.08. The summed E-state index contributed by atoms with van der Waals surface area (Å²) in [6.45, 7) is 0.369. The van der Waals surface area contributed by atoms with E-state index in [2.05, 4.69) is 0 Å². The molecule has 0 aliphatic carbocycles. The van der Waals surface area contributed by atoms with Crippen molar-refractivity contribution in [3.8, 4) is 0 Å². The molecule has 8 N–H and O–H groups in total. The second kappa shape index (κ2) is 3.42. The van der Waals surface area contributed by atoms with Gasteiger partial charge in [0.2, 0.25) is 0 Å². The minimum atomic E-state index is -0.228. The molecule has 1 aromatic carbocycles. The molecule has 1 atom stereocenters. The Kier molecular flexibility index (Phi) is 2.52. The van der Waals surface area contributed by atoms with Crippen molar-refractivity contribution in [2.75, 3.05) is 18.0 Å². The van der Waals surface area contributed by atoms with Gasteiger partial charge in [0.05, 0.1) is 0 Å². The number of rotatable bonds is 2. The van der Waals surface area contributed by atoms with E-state index in [1.165, 1.54) is 0 Å². The Morgan fingerprint density at radius 3 is 2.50 bits per heavy atom. The fourth-order valence-corrected chi connectivity index (χ4v) is 1.04. The smallest absolute Gasteiger partial charge is 0.0440 e. The summed E-state index contributed by atoms with van der Waals surface area (Å²) in [6, 6.07) is 5.00. The molecule has 0 aliphatic rings. The molecule has 0 saturated carbocycles. The minimum absolute atomic E-state index is 0.228. The molecule has 66 valence electrons. The zero-order valence-electron chi connectivity index (χ0n) is 6.83. The molecule has 0 bridgehead atoms. The third-order valence-corrected chi connectivity index (χ3v) is 1.76. The largest absolute Gasteiger partial charge is 0.399 e. The van der Waals surface area contributed by atoms with Crippen LogP contribution in [0.5, 0.6) is 0 Å². The van der Waals surface area contributed by atoms with Crippen molar-refractivity contribution in [1.82, 2.24) is 0 Å². The van der Waals surface area contributed by atoms with Gasteiger partial charge in [-0.25, -0.2) is 0 Å². The SMILES string of the molecule is NC[C@@H](N)c1cc(N)ccc1N. The number of hydrogen-bond donors (Lipinski definition) is 4. The summed E-state index contributed by atoms with van der Waals surface area (Å²) in [5.74, 6) is 0. The lowest BCUT2D eigenvalue weighted by atomic mass is 10.1. The summed E-state index contributed by atoms with van der Waals surface area (Å²) in [4.78, 5) is 0. The Bertz CT molecular complexity index is 272. The van der Waals surface area contributed by atoms with Crippen LogP contribution < -0.4 is 22.9 Å². The minimum Gasteiger partial charge on any atom is -0.399 e. The van der Waals surface area contributed by atoms with E-state index in [0.29, 0.717) is 17.9 Å². The normalized spacial score (nSPS) is 12.8. The second-order valence-electron chi connectivity index (χ2n) is 2.73. The highest BCUT2D eigenvalue weighted by Gasteiger charge is 2.07. The van der Waals surface area contributed by atoms with Crippen LogP contribution >= 0.6 is 0 Å². The predicted octanol–water partition coefficient (Wildman–Crippen LogP) is -0.190. The summed E-state index contributed by atoms with van der Waals surface area (Å²) in [7, 11) is 0. The maximum Gasteiger partial charge on any atom is 0.0440 e. The summed E-state index contributed by atoms with van der Waals surface area (Å²) in [5.41, 5.74) is 24.5. The maximum absolute atomic E-state index is 5.70. The van der Waals surface area contributed by atoms with Gasteiger partial charge in [-0.05, 0) is 23.8 Å². The second-order valence-corrected chi connectivity index (χ2v) is 2.73. The lowest BCUT2D eigenvalue weighted by Gasteiger charge is -2.12. The van der Waals surface area contributed by atoms with E-state index in [1.54, 1.807) is 18.2 Å². The third kappa shape index (κ3) is 1.66. The Hall–Kier alpha value is -1.26. The van der Waals surface area contributed by atoms with E-state index in [9.17, 15) is 0 Å². The summed E-state index contributed by atoms with van der Waals surface area (Å²) in [5, 5.41) is 0. The lowest BCUT2D eigenvalue weighted by molar-refractivity contribution is 0.740. The van der Waals surface area contributed by atoms with Crippen molar-refractivity contribution >= 4 is 11.4 Å². The van der Waals surface area contributed by atoms with Crippen LogP contribution in [0.15, 0.2) is 18.2 Å². The summed E-state index contributed by atoms with van der Waals surface area (Å²) in [6.07, 6.45) is 0. The van der Waals surface area contributed by atoms with E-state index in [1.807, 2.05) is 0 Å². The third-order valence-electron chi connectivity index (χ3n) is 1.76. The van der Waals surface area contributed by atoms with Crippen LogP contribution in [0.25, 0.3) is 0 Å². The molecular formula is C8H14N4. The van der Waals surface area contributed by atoms with Gasteiger partial charge in [-0.2, -0.15) is 0 Å². The molecule has 12 heavy (non-hydrogen) atoms. The van der Waals surface area contributed by atoms with Crippen molar-refractivity contribution in [2.24, 2.45) is 11.5 Å². The maximum atomic E-state index is 5.70. The first-order valence-electron chi connectivity index (χ1n) is 3.75. The van der Waals surface area contributed by atoms with Gasteiger partial charge in [-0.3, -0.25) is 0 Å². The number of benzene rings is 1. The van der Waals surface area contributed by atoms with Crippen molar-refractivity contribution in [3.63, 3.8) is 0 Å². The quantitative estimate of drug-likeness (QED) is 0.457. The molecule has 0 fully saturated rings. The zero-order valence-corrected chi connectivity index (χ0v) is 6.83. The van der Waals surface area contributed by atoms with Gasteiger partial charge >= 0.3 is 0 Å². The fraction of sp³-hybridized carbons (Fsp3) is 0.250. The molecule has 0 saturated heterocycles. The molecule has 0 heterocycles. The molecule has 1 rings (SSSR count). The lowest BCUT2D eigenvalue weighted by Crippen LogP contribution is -2.21. The van der Waals surface area contributed by atoms with Gasteiger partial charge in [-0.15, -0.1) is 0 Å². The van der Waals surface area contributed by atoms with Crippen molar-refractivity contribution in [3.05, 3.63) is 23.8 Å². The Morgan fingerprint density at radius 2 is 1.92 bits per heavy atom. The average molecular weight is 166 g/mol. The monoisotopic (exact) mass is 166 g/mol. The highest BCUT2D eigenvalue weighted by atomic mass is 14.7. The Balaban J connectivity index is 3.04. The molecule has 0 radical (unpaired) electrons. The topological polar surface area (TPSA) is 104 Å². The highest BCUT2D eigenvalue weighted by molar-refractivity contribution is 5.56. The predicted molar refractivity (Wildman–Crippen MR) is 51.2 cm³/mol. The summed E-state index contributed by atoms with van der Waals surface area (Å²) >= 11 is 0. The first-order valence-corrected chi connectivity index (χ1v) is 3.75. The number of nitrogen functional groups attached to an aromatic ring is 2. The highest BCUT2D eigenvalue weighted by Crippen LogP contribution is 2.20. The standard InChI is InChI=1S/C8H14N4/c9-4-8(12)6-3-5(10)1-2-7(6)11/h1-3,8H,4,9-12H2/t8-/m1/s1. The Morgan fingerprint density at radius 1 is 1.25 bits per heavy atom. The van der Waals surface area contributed by atoms with Gasteiger partial charge < -0.3 is 22.9 Å². The van der Waals surface area contributed by atoms with Crippen LogP contribution in [-0.2, 0) is 0 Å². The molecule has 0 unspecified atom stereocenters. The van der Waals surface area contributed by atoms with Crippen LogP contribution in [0.1, 0.15) is 11.6 Å². The van der Waals surface area contributed by atoms with Crippen molar-refractivity contribution in [1.29, 1.82) is 0 Å². The van der Waals surface area contributed by atoms with E-state index in [-0.39, 0.29) is 6.04 Å². The van der Waals surface area contributed by atoms with E-state index in [0.717, 1.165) is 5.56 Å². The van der Waals surface area contributed by atoms with Crippen LogP contribution in [-0.4, -0.2) is 6.54 Å². The zero-order chi connectivity index (χ0) is 9.14. The molecule has 1 aromatic rings. The van der Waals surface area contributed by atoms with Crippen LogP contribution in [0.2, 0.25) is 0 Å². The van der Waals surface area contributed by atoms with Gasteiger partial charge in [-0.1, -0.05) is 0 Å². The first-order chi connectivity index (χ1) is 5.65. The fourth-order valence-electron chi connectivity index (χ4n) is 1.04. The van der Waals surface area contributed by atoms with E-state index in [4.69, 9.17) is 22.9 Å². The molecule has 4 nitrogen and oxygen atoms in total. The molecule has 0 spiro atoms. The Labute approximate surface area is 71.5 Å². The van der Waals surface area contributed by atoms with Gasteiger partial charge in [0.1, 0.15) is 0 Å². The molecule has 0 aromatic heterocycles. The van der Waals surface area contributed by atoms with Gasteiger partial charge in [0.15, 0.2) is 0 Å².